The average molecular weight is 471 g/mol. The Kier molecular flexibility index (Phi) is 6.43. The van der Waals surface area contributed by atoms with Gasteiger partial charge in [-0.15, -0.1) is 0 Å². The Morgan fingerprint density at radius 2 is 1.41 bits per heavy atom. The first-order valence-electron chi connectivity index (χ1n) is 8.36. The number of halogens is 1. The van der Waals surface area contributed by atoms with Crippen LogP contribution in [0.5, 0.6) is 0 Å². The summed E-state index contributed by atoms with van der Waals surface area (Å²) in [5.41, 5.74) is 2.70. The molecule has 0 atom stereocenters. The van der Waals surface area contributed by atoms with Crippen LogP contribution >= 0.6 is 22.6 Å². The Morgan fingerprint density at radius 1 is 0.741 bits per heavy atom. The summed E-state index contributed by atoms with van der Waals surface area (Å²) >= 11 is 2.23. The second-order valence-corrected chi connectivity index (χ2v) is 7.06. The van der Waals surface area contributed by atoms with Crippen LogP contribution in [0.4, 0.5) is 17.1 Å². The van der Waals surface area contributed by atoms with E-state index in [2.05, 4.69) is 38.5 Å². The topological polar surface area (TPSA) is 70.2 Å². The number of hydrogen-bond acceptors (Lipinski definition) is 3. The fourth-order valence-corrected chi connectivity index (χ4v) is 2.78. The lowest BCUT2D eigenvalue weighted by Crippen LogP contribution is -2.21. The summed E-state index contributed by atoms with van der Waals surface area (Å²) in [6.07, 6.45) is 0. The molecule has 0 aliphatic heterocycles. The molecule has 0 saturated carbocycles. The highest BCUT2D eigenvalue weighted by molar-refractivity contribution is 14.1. The molecule has 0 unspecified atom stereocenters. The average Bonchev–Trinajstić information content (AvgIpc) is 2.68. The number of carbonyl (C=O) groups is 2. The highest BCUT2D eigenvalue weighted by Gasteiger charge is 2.07. The molecule has 0 aliphatic carbocycles. The van der Waals surface area contributed by atoms with Crippen LogP contribution in [0.15, 0.2) is 78.9 Å². The molecule has 0 radical (unpaired) electrons. The molecular weight excluding hydrogens is 453 g/mol. The normalized spacial score (nSPS) is 10.1. The summed E-state index contributed by atoms with van der Waals surface area (Å²) < 4.78 is 1.14. The molecule has 3 rings (SSSR count). The van der Waals surface area contributed by atoms with Gasteiger partial charge in [-0.05, 0) is 77.2 Å². The zero-order valence-electron chi connectivity index (χ0n) is 14.4. The summed E-state index contributed by atoms with van der Waals surface area (Å²) in [5, 5.41) is 8.73. The fraction of sp³-hybridized carbons (Fsp3) is 0.0476. The van der Waals surface area contributed by atoms with E-state index in [9.17, 15) is 9.59 Å². The van der Waals surface area contributed by atoms with Crippen molar-refractivity contribution < 1.29 is 9.59 Å². The maximum atomic E-state index is 12.2. The van der Waals surface area contributed by atoms with Crippen LogP contribution in [-0.2, 0) is 4.79 Å². The summed E-state index contributed by atoms with van der Waals surface area (Å²) in [4.78, 5) is 24.4. The minimum atomic E-state index is -0.195. The minimum Gasteiger partial charge on any atom is -0.376 e. The van der Waals surface area contributed by atoms with E-state index in [1.165, 1.54) is 0 Å². The molecule has 0 aromatic heterocycles. The molecule has 3 aromatic rings. The van der Waals surface area contributed by atoms with Crippen molar-refractivity contribution >= 4 is 51.5 Å². The van der Waals surface area contributed by atoms with Gasteiger partial charge in [0.15, 0.2) is 0 Å². The minimum absolute atomic E-state index is 0.154. The van der Waals surface area contributed by atoms with Crippen molar-refractivity contribution in [3.63, 3.8) is 0 Å². The molecule has 0 heterocycles. The van der Waals surface area contributed by atoms with Gasteiger partial charge in [-0.25, -0.2) is 0 Å². The lowest BCUT2D eigenvalue weighted by molar-refractivity contribution is -0.114. The third-order valence-corrected chi connectivity index (χ3v) is 4.46. The molecule has 3 N–H and O–H groups in total. The quantitative estimate of drug-likeness (QED) is 0.461. The molecule has 0 bridgehead atoms. The number of anilines is 3. The number of amides is 2. The lowest BCUT2D eigenvalue weighted by Gasteiger charge is -2.10. The predicted molar refractivity (Wildman–Crippen MR) is 117 cm³/mol. The molecule has 5 nitrogen and oxygen atoms in total. The molecule has 3 aromatic carbocycles. The van der Waals surface area contributed by atoms with Crippen LogP contribution < -0.4 is 16.0 Å². The highest BCUT2D eigenvalue weighted by Crippen LogP contribution is 2.16. The smallest absolute Gasteiger partial charge is 0.255 e. The van der Waals surface area contributed by atoms with E-state index in [0.717, 1.165) is 9.26 Å². The Labute approximate surface area is 171 Å². The first kappa shape index (κ1) is 18.9. The van der Waals surface area contributed by atoms with Gasteiger partial charge in [0.25, 0.3) is 5.91 Å². The van der Waals surface area contributed by atoms with Gasteiger partial charge in [0.05, 0.1) is 6.54 Å². The Balaban J connectivity index is 1.56. The number of hydrogen-bond donors (Lipinski definition) is 3. The van der Waals surface area contributed by atoms with Crippen LogP contribution in [0.25, 0.3) is 0 Å². The van der Waals surface area contributed by atoms with Crippen molar-refractivity contribution in [1.82, 2.24) is 0 Å². The van der Waals surface area contributed by atoms with E-state index in [-0.39, 0.29) is 18.4 Å². The second kappa shape index (κ2) is 9.18. The third kappa shape index (κ3) is 5.82. The van der Waals surface area contributed by atoms with Crippen LogP contribution in [0, 0.1) is 3.57 Å². The van der Waals surface area contributed by atoms with Gasteiger partial charge in [0, 0.05) is 26.2 Å². The number of nitrogens with one attached hydrogen (secondary N) is 3. The van der Waals surface area contributed by atoms with Gasteiger partial charge in [-0.2, -0.15) is 0 Å². The molecule has 0 saturated heterocycles. The Bertz CT molecular complexity index is 928. The second-order valence-electron chi connectivity index (χ2n) is 5.81. The molecule has 0 aliphatic rings. The summed E-state index contributed by atoms with van der Waals surface area (Å²) in [7, 11) is 0. The van der Waals surface area contributed by atoms with Crippen molar-refractivity contribution in [3.05, 3.63) is 88.0 Å². The molecular formula is C21H18IN3O2. The van der Waals surface area contributed by atoms with Gasteiger partial charge in [-0.3, -0.25) is 9.59 Å². The summed E-state index contributed by atoms with van der Waals surface area (Å²) in [6, 6.07) is 23.8. The van der Waals surface area contributed by atoms with E-state index >= 15 is 0 Å². The van der Waals surface area contributed by atoms with Crippen LogP contribution in [0.2, 0.25) is 0 Å². The van der Waals surface area contributed by atoms with Crippen LogP contribution in [0.1, 0.15) is 10.4 Å². The number of rotatable bonds is 6. The first-order valence-corrected chi connectivity index (χ1v) is 9.44. The van der Waals surface area contributed by atoms with Gasteiger partial charge in [0.1, 0.15) is 0 Å². The van der Waals surface area contributed by atoms with Gasteiger partial charge < -0.3 is 16.0 Å². The van der Waals surface area contributed by atoms with Gasteiger partial charge in [-0.1, -0.05) is 24.3 Å². The van der Waals surface area contributed by atoms with Crippen molar-refractivity contribution in [2.75, 3.05) is 22.5 Å². The SMILES string of the molecule is O=C(CNc1ccc(I)cc1)Nc1cccc(NC(=O)c2ccccc2)c1. The molecule has 27 heavy (non-hydrogen) atoms. The summed E-state index contributed by atoms with van der Waals surface area (Å²) in [6.45, 7) is 0.154. The van der Waals surface area contributed by atoms with Crippen LogP contribution in [0.3, 0.4) is 0 Å². The van der Waals surface area contributed by atoms with Gasteiger partial charge >= 0.3 is 0 Å². The lowest BCUT2D eigenvalue weighted by atomic mass is 10.2. The maximum absolute atomic E-state index is 12.2. The zero-order chi connectivity index (χ0) is 19.1. The van der Waals surface area contributed by atoms with Gasteiger partial charge in [0.2, 0.25) is 5.91 Å². The van der Waals surface area contributed by atoms with Crippen molar-refractivity contribution in [2.24, 2.45) is 0 Å². The Hall–Kier alpha value is -2.87. The Morgan fingerprint density at radius 3 is 2.11 bits per heavy atom. The standard InChI is InChI=1S/C21H18IN3O2/c22-16-9-11-17(12-10-16)23-14-20(26)24-18-7-4-8-19(13-18)25-21(27)15-5-2-1-3-6-15/h1-13,23H,14H2,(H,24,26)(H,25,27). The largest absolute Gasteiger partial charge is 0.376 e. The molecule has 0 fully saturated rings. The van der Waals surface area contributed by atoms with Crippen molar-refractivity contribution in [2.45, 2.75) is 0 Å². The fourth-order valence-electron chi connectivity index (χ4n) is 2.42. The molecule has 0 spiro atoms. The number of benzene rings is 3. The van der Waals surface area contributed by atoms with E-state index in [4.69, 9.17) is 0 Å². The van der Waals surface area contributed by atoms with Crippen molar-refractivity contribution in [1.29, 1.82) is 0 Å². The molecule has 6 heteroatoms. The monoisotopic (exact) mass is 471 g/mol. The van der Waals surface area contributed by atoms with Crippen molar-refractivity contribution in [3.8, 4) is 0 Å². The first-order chi connectivity index (χ1) is 13.1. The predicted octanol–water partition coefficient (Wildman–Crippen LogP) is 4.59. The number of carbonyl (C=O) groups excluding carboxylic acids is 2. The van der Waals surface area contributed by atoms with E-state index in [0.29, 0.717) is 16.9 Å². The molecule has 2 amide bonds. The van der Waals surface area contributed by atoms with E-state index < -0.39 is 0 Å². The highest BCUT2D eigenvalue weighted by atomic mass is 127. The maximum Gasteiger partial charge on any atom is 0.255 e. The van der Waals surface area contributed by atoms with Crippen LogP contribution in [-0.4, -0.2) is 18.4 Å². The summed E-state index contributed by atoms with van der Waals surface area (Å²) in [5.74, 6) is -0.362. The third-order valence-electron chi connectivity index (χ3n) is 3.74. The van der Waals surface area contributed by atoms with E-state index in [1.54, 1.807) is 36.4 Å². The zero-order valence-corrected chi connectivity index (χ0v) is 16.6. The van der Waals surface area contributed by atoms with E-state index in [1.807, 2.05) is 42.5 Å². The molecule has 136 valence electrons.